The molecule has 1 fully saturated rings. The van der Waals surface area contributed by atoms with Gasteiger partial charge in [-0.05, 0) is 26.4 Å². The molecule has 136 valence electrons. The van der Waals surface area contributed by atoms with Gasteiger partial charge in [0.2, 0.25) is 5.79 Å². The monoisotopic (exact) mass is 336 g/mol. The lowest BCUT2D eigenvalue weighted by Gasteiger charge is -2.41. The fraction of sp³-hybridized carbons (Fsp3) is 0.929. The second-order valence-corrected chi connectivity index (χ2v) is 5.70. The maximum atomic E-state index is 11.4. The molecule has 1 rings (SSSR count). The molecule has 0 spiro atoms. The lowest BCUT2D eigenvalue weighted by atomic mass is 9.97. The van der Waals surface area contributed by atoms with Crippen molar-refractivity contribution in [1.82, 2.24) is 10.6 Å². The predicted molar refractivity (Wildman–Crippen MR) is 80.5 cm³/mol. The van der Waals surface area contributed by atoms with Crippen LogP contribution in [0.15, 0.2) is 0 Å². The molecule has 1 aliphatic heterocycles. The molecule has 0 amide bonds. The Bertz CT molecular complexity index is 371. The van der Waals surface area contributed by atoms with Gasteiger partial charge in [0.25, 0.3) is 0 Å². The van der Waals surface area contributed by atoms with Gasteiger partial charge in [-0.3, -0.25) is 4.79 Å². The van der Waals surface area contributed by atoms with Crippen LogP contribution in [0.4, 0.5) is 0 Å². The number of hydrogen-bond acceptors (Lipinski definition) is 9. The summed E-state index contributed by atoms with van der Waals surface area (Å²) in [5, 5.41) is 44.6. The minimum Gasteiger partial charge on any atom is -0.468 e. The first-order valence-corrected chi connectivity index (χ1v) is 7.72. The van der Waals surface area contributed by atoms with Crippen molar-refractivity contribution in [2.45, 2.75) is 49.4 Å². The number of aliphatic hydroxyl groups is 4. The highest BCUT2D eigenvalue weighted by Crippen LogP contribution is 2.23. The van der Waals surface area contributed by atoms with Gasteiger partial charge in [0.15, 0.2) is 0 Å². The number of esters is 1. The summed E-state index contributed by atoms with van der Waals surface area (Å²) in [6.45, 7) is 0.207. The molecular weight excluding hydrogens is 308 g/mol. The third kappa shape index (κ3) is 5.64. The molecular formula is C14H28N2O7. The second kappa shape index (κ2) is 9.48. The van der Waals surface area contributed by atoms with Crippen LogP contribution in [0.5, 0.6) is 0 Å². The molecule has 1 heterocycles. The van der Waals surface area contributed by atoms with E-state index in [0.717, 1.165) is 12.8 Å². The van der Waals surface area contributed by atoms with Crippen molar-refractivity contribution in [1.29, 1.82) is 0 Å². The van der Waals surface area contributed by atoms with E-state index in [2.05, 4.69) is 15.4 Å². The summed E-state index contributed by atoms with van der Waals surface area (Å²) < 4.78 is 9.70. The number of nitrogens with one attached hydrogen (secondary N) is 2. The van der Waals surface area contributed by atoms with Crippen LogP contribution in [0.1, 0.15) is 19.3 Å². The van der Waals surface area contributed by atoms with Crippen LogP contribution in [-0.4, -0.2) is 90.4 Å². The van der Waals surface area contributed by atoms with Crippen LogP contribution >= 0.6 is 0 Å². The molecule has 5 atom stereocenters. The number of aliphatic hydroxyl groups excluding tert-OH is 3. The van der Waals surface area contributed by atoms with Gasteiger partial charge >= 0.3 is 5.97 Å². The smallest absolute Gasteiger partial charge is 0.322 e. The van der Waals surface area contributed by atoms with Gasteiger partial charge in [0.05, 0.1) is 20.3 Å². The molecule has 0 aromatic carbocycles. The number of hydrogen-bond donors (Lipinski definition) is 6. The molecule has 5 unspecified atom stereocenters. The largest absolute Gasteiger partial charge is 0.468 e. The fourth-order valence-corrected chi connectivity index (χ4v) is 2.43. The van der Waals surface area contributed by atoms with E-state index >= 15 is 0 Å². The zero-order valence-corrected chi connectivity index (χ0v) is 13.6. The molecule has 1 saturated heterocycles. The van der Waals surface area contributed by atoms with E-state index in [9.17, 15) is 25.2 Å². The quantitative estimate of drug-likeness (QED) is 0.196. The van der Waals surface area contributed by atoms with Crippen molar-refractivity contribution < 1.29 is 34.7 Å². The third-order valence-electron chi connectivity index (χ3n) is 3.99. The lowest BCUT2D eigenvalue weighted by Crippen LogP contribution is -2.64. The van der Waals surface area contributed by atoms with Crippen molar-refractivity contribution in [3.8, 4) is 0 Å². The Hall–Kier alpha value is -0.810. The lowest BCUT2D eigenvalue weighted by molar-refractivity contribution is -0.317. The van der Waals surface area contributed by atoms with E-state index in [1.807, 2.05) is 0 Å². The average Bonchev–Trinajstić information content (AvgIpc) is 2.55. The number of likely N-dealkylation sites (N-methyl/N-ethyl adjacent to an activating group) is 1. The van der Waals surface area contributed by atoms with Gasteiger partial charge in [0, 0.05) is 0 Å². The van der Waals surface area contributed by atoms with E-state index in [4.69, 9.17) is 4.74 Å². The summed E-state index contributed by atoms with van der Waals surface area (Å²) in [7, 11) is 3.03. The normalized spacial score (nSPS) is 32.5. The maximum Gasteiger partial charge on any atom is 0.322 e. The van der Waals surface area contributed by atoms with Gasteiger partial charge in [-0.2, -0.15) is 0 Å². The topological polar surface area (TPSA) is 141 Å². The van der Waals surface area contributed by atoms with Gasteiger partial charge in [-0.15, -0.1) is 0 Å². The minimum absolute atomic E-state index is 0.0790. The van der Waals surface area contributed by atoms with E-state index in [0.29, 0.717) is 13.0 Å². The summed E-state index contributed by atoms with van der Waals surface area (Å²) in [5.74, 6) is -2.24. The number of unbranched alkanes of at least 4 members (excludes halogenated alkanes) is 1. The van der Waals surface area contributed by atoms with Crippen molar-refractivity contribution in [3.05, 3.63) is 0 Å². The fourth-order valence-electron chi connectivity index (χ4n) is 2.43. The summed E-state index contributed by atoms with van der Waals surface area (Å²) in [4.78, 5) is 11.4. The van der Waals surface area contributed by atoms with E-state index in [-0.39, 0.29) is 25.2 Å². The Balaban J connectivity index is 2.23. The maximum absolute atomic E-state index is 11.4. The Morgan fingerprint density at radius 3 is 2.70 bits per heavy atom. The zero-order chi connectivity index (χ0) is 17.5. The Morgan fingerprint density at radius 1 is 1.39 bits per heavy atom. The molecule has 0 saturated carbocycles. The highest BCUT2D eigenvalue weighted by molar-refractivity contribution is 5.75. The van der Waals surface area contributed by atoms with Gasteiger partial charge in [-0.25, -0.2) is 0 Å². The first kappa shape index (κ1) is 20.2. The van der Waals surface area contributed by atoms with Crippen LogP contribution in [0.2, 0.25) is 0 Å². The molecule has 9 heteroatoms. The molecule has 0 aliphatic carbocycles. The van der Waals surface area contributed by atoms with E-state index < -0.39 is 24.1 Å². The summed E-state index contributed by atoms with van der Waals surface area (Å²) >= 11 is 0. The van der Waals surface area contributed by atoms with Crippen molar-refractivity contribution >= 4 is 5.97 Å². The zero-order valence-electron chi connectivity index (χ0n) is 13.6. The number of carbonyl (C=O) groups excluding carboxylic acids is 1. The van der Waals surface area contributed by atoms with Crippen LogP contribution in [0, 0.1) is 0 Å². The average molecular weight is 336 g/mol. The summed E-state index contributed by atoms with van der Waals surface area (Å²) in [5.41, 5.74) is 0. The van der Waals surface area contributed by atoms with Gasteiger partial charge in [-0.1, -0.05) is 6.42 Å². The van der Waals surface area contributed by atoms with Crippen LogP contribution in [-0.2, 0) is 14.3 Å². The minimum atomic E-state index is -1.93. The highest BCUT2D eigenvalue weighted by Gasteiger charge is 2.47. The Morgan fingerprint density at radius 2 is 2.09 bits per heavy atom. The van der Waals surface area contributed by atoms with Crippen LogP contribution in [0.3, 0.4) is 0 Å². The standard InChI is InChI=1S/C14H28N2O7/c1-15-9(13(20)22-2)5-3-4-6-16-8-14(21)12(19)11(18)10(17)7-23-14/h9-12,15-19,21H,3-8H2,1-2H3. The number of methoxy groups -OCH3 is 1. The molecule has 6 N–H and O–H groups in total. The summed E-state index contributed by atoms with van der Waals surface area (Å²) in [6, 6.07) is -0.343. The number of carbonyl (C=O) groups is 1. The second-order valence-electron chi connectivity index (χ2n) is 5.70. The van der Waals surface area contributed by atoms with Gasteiger partial charge < -0.3 is 40.5 Å². The Kier molecular flexibility index (Phi) is 8.34. The van der Waals surface area contributed by atoms with E-state index in [1.54, 1.807) is 7.05 Å². The SMILES string of the molecule is CNC(CCCCNCC1(O)OCC(O)C(O)C1O)C(=O)OC. The highest BCUT2D eigenvalue weighted by atomic mass is 16.6. The number of rotatable bonds is 9. The van der Waals surface area contributed by atoms with E-state index in [1.165, 1.54) is 7.11 Å². The molecule has 9 nitrogen and oxygen atoms in total. The first-order valence-electron chi connectivity index (χ1n) is 7.72. The molecule has 0 aromatic rings. The summed E-state index contributed by atoms with van der Waals surface area (Å²) in [6.07, 6.45) is -2.14. The molecule has 23 heavy (non-hydrogen) atoms. The van der Waals surface area contributed by atoms with Crippen LogP contribution < -0.4 is 10.6 Å². The molecule has 0 bridgehead atoms. The van der Waals surface area contributed by atoms with Crippen LogP contribution in [0.25, 0.3) is 0 Å². The molecule has 0 radical (unpaired) electrons. The predicted octanol–water partition coefficient (Wildman–Crippen LogP) is -2.69. The van der Waals surface area contributed by atoms with Crippen molar-refractivity contribution in [3.63, 3.8) is 0 Å². The third-order valence-corrected chi connectivity index (χ3v) is 3.99. The van der Waals surface area contributed by atoms with Crippen molar-refractivity contribution in [2.75, 3.05) is 33.9 Å². The van der Waals surface area contributed by atoms with Crippen molar-refractivity contribution in [2.24, 2.45) is 0 Å². The first-order chi connectivity index (χ1) is 10.9. The molecule has 1 aliphatic rings. The van der Waals surface area contributed by atoms with Gasteiger partial charge in [0.1, 0.15) is 24.4 Å². The molecule has 0 aromatic heterocycles. The Labute approximate surface area is 135 Å². The number of ether oxygens (including phenoxy) is 2.